The SMILES string of the molecule is CN1Cc2ccc(-c3c(F)cc4c(=O)c(C(=O)O)cn(C5CC5F)c4c3F)cc2C1. The van der Waals surface area contributed by atoms with E-state index in [0.29, 0.717) is 12.1 Å². The molecule has 2 aromatic carbocycles. The van der Waals surface area contributed by atoms with Crippen LogP contribution in [-0.4, -0.2) is 33.8 Å². The van der Waals surface area contributed by atoms with E-state index in [1.807, 2.05) is 13.1 Å². The molecule has 0 saturated heterocycles. The van der Waals surface area contributed by atoms with Gasteiger partial charge in [-0.25, -0.2) is 18.0 Å². The van der Waals surface area contributed by atoms with E-state index in [1.165, 1.54) is 0 Å². The molecule has 0 spiro atoms. The van der Waals surface area contributed by atoms with E-state index in [0.717, 1.165) is 34.5 Å². The number of aromatic nitrogens is 1. The molecule has 1 aliphatic heterocycles. The summed E-state index contributed by atoms with van der Waals surface area (Å²) in [5, 5.41) is 8.89. The molecule has 5 nitrogen and oxygen atoms in total. The summed E-state index contributed by atoms with van der Waals surface area (Å²) >= 11 is 0. The van der Waals surface area contributed by atoms with Crippen molar-refractivity contribution in [1.82, 2.24) is 9.47 Å². The summed E-state index contributed by atoms with van der Waals surface area (Å²) in [5.74, 6) is -3.49. The fraction of sp³-hybridized carbons (Fsp3) is 0.273. The first-order valence-corrected chi connectivity index (χ1v) is 9.51. The van der Waals surface area contributed by atoms with Gasteiger partial charge < -0.3 is 9.67 Å². The Labute approximate surface area is 169 Å². The topological polar surface area (TPSA) is 62.5 Å². The van der Waals surface area contributed by atoms with Gasteiger partial charge in [-0.2, -0.15) is 0 Å². The second kappa shape index (κ2) is 6.43. The van der Waals surface area contributed by atoms with Crippen molar-refractivity contribution in [1.29, 1.82) is 0 Å². The minimum Gasteiger partial charge on any atom is -0.477 e. The fourth-order valence-corrected chi connectivity index (χ4v) is 4.28. The number of alkyl halides is 1. The van der Waals surface area contributed by atoms with Gasteiger partial charge in [-0.15, -0.1) is 0 Å². The third-order valence-electron chi connectivity index (χ3n) is 5.85. The molecular formula is C22H17F3N2O3. The summed E-state index contributed by atoms with van der Waals surface area (Å²) in [4.78, 5) is 26.1. The zero-order valence-corrected chi connectivity index (χ0v) is 16.0. The third kappa shape index (κ3) is 2.74. The highest BCUT2D eigenvalue weighted by atomic mass is 19.1. The maximum Gasteiger partial charge on any atom is 0.341 e. The first-order chi connectivity index (χ1) is 14.3. The second-order valence-corrected chi connectivity index (χ2v) is 8.00. The molecule has 2 aliphatic rings. The van der Waals surface area contributed by atoms with Crippen molar-refractivity contribution in [2.75, 3.05) is 7.05 Å². The van der Waals surface area contributed by atoms with Crippen molar-refractivity contribution in [3.8, 4) is 11.1 Å². The Morgan fingerprint density at radius 2 is 1.87 bits per heavy atom. The molecule has 2 unspecified atom stereocenters. The molecule has 8 heteroatoms. The van der Waals surface area contributed by atoms with Crippen LogP contribution in [0.15, 0.2) is 35.3 Å². The molecule has 2 heterocycles. The van der Waals surface area contributed by atoms with Crippen LogP contribution in [0.5, 0.6) is 0 Å². The number of fused-ring (bicyclic) bond motifs is 2. The number of carboxylic acid groups (broad SMARTS) is 1. The summed E-state index contributed by atoms with van der Waals surface area (Å²) in [5.41, 5.74) is 0.118. The average Bonchev–Trinajstić information content (AvgIpc) is 3.28. The number of hydrogen-bond donors (Lipinski definition) is 1. The number of hydrogen-bond acceptors (Lipinski definition) is 3. The molecule has 1 N–H and O–H groups in total. The lowest BCUT2D eigenvalue weighted by Crippen LogP contribution is -2.20. The van der Waals surface area contributed by atoms with Crippen LogP contribution in [0.1, 0.15) is 33.9 Å². The van der Waals surface area contributed by atoms with Crippen molar-refractivity contribution >= 4 is 16.9 Å². The highest BCUT2D eigenvalue weighted by Crippen LogP contribution is 2.42. The number of carboxylic acids is 1. The molecule has 1 aliphatic carbocycles. The summed E-state index contributed by atoms with van der Waals surface area (Å²) in [6, 6.07) is 5.22. The van der Waals surface area contributed by atoms with Crippen molar-refractivity contribution in [2.24, 2.45) is 0 Å². The van der Waals surface area contributed by atoms with Gasteiger partial charge >= 0.3 is 5.97 Å². The maximum atomic E-state index is 15.7. The fourth-order valence-electron chi connectivity index (χ4n) is 4.28. The summed E-state index contributed by atoms with van der Waals surface area (Å²) in [6.07, 6.45) is -0.241. The van der Waals surface area contributed by atoms with Gasteiger partial charge in [-0.3, -0.25) is 9.69 Å². The monoisotopic (exact) mass is 414 g/mol. The van der Waals surface area contributed by atoms with Gasteiger partial charge in [0.1, 0.15) is 17.6 Å². The quantitative estimate of drug-likeness (QED) is 0.707. The zero-order chi connectivity index (χ0) is 21.3. The summed E-state index contributed by atoms with van der Waals surface area (Å²) in [7, 11) is 1.94. The molecule has 154 valence electrons. The Morgan fingerprint density at radius 3 is 2.53 bits per heavy atom. The minimum atomic E-state index is -1.53. The molecule has 0 radical (unpaired) electrons. The van der Waals surface area contributed by atoms with Crippen molar-refractivity contribution in [3.05, 3.63) is 69.0 Å². The number of carbonyl (C=O) groups is 1. The van der Waals surface area contributed by atoms with Gasteiger partial charge in [0.05, 0.1) is 22.5 Å². The molecule has 1 fully saturated rings. The number of rotatable bonds is 3. The Balaban J connectivity index is 1.80. The standard InChI is InChI=1S/C22H17F3N2O3/c1-26-7-11-3-2-10(4-12(11)8-26)18-16(24)5-13-20(19(18)25)27(17-6-15(17)23)9-14(21(13)28)22(29)30/h2-5,9,15,17H,6-8H2,1H3,(H,29,30). The summed E-state index contributed by atoms with van der Waals surface area (Å²) in [6.45, 7) is 1.40. The van der Waals surface area contributed by atoms with E-state index in [2.05, 4.69) is 4.90 Å². The lowest BCUT2D eigenvalue weighted by molar-refractivity contribution is 0.0694. The third-order valence-corrected chi connectivity index (χ3v) is 5.85. The van der Waals surface area contributed by atoms with Crippen molar-refractivity contribution in [3.63, 3.8) is 0 Å². The Morgan fingerprint density at radius 1 is 1.17 bits per heavy atom. The number of pyridine rings is 1. The van der Waals surface area contributed by atoms with Crippen molar-refractivity contribution < 1.29 is 23.1 Å². The Hall–Kier alpha value is -3.13. The largest absolute Gasteiger partial charge is 0.477 e. The van der Waals surface area contributed by atoms with Gasteiger partial charge in [0.25, 0.3) is 0 Å². The van der Waals surface area contributed by atoms with Gasteiger partial charge in [-0.1, -0.05) is 12.1 Å². The molecule has 3 aromatic rings. The highest BCUT2D eigenvalue weighted by Gasteiger charge is 2.41. The molecular weight excluding hydrogens is 397 g/mol. The predicted molar refractivity (Wildman–Crippen MR) is 104 cm³/mol. The molecule has 5 rings (SSSR count). The summed E-state index contributed by atoms with van der Waals surface area (Å²) < 4.78 is 45.6. The number of halogens is 3. The lowest BCUT2D eigenvalue weighted by atomic mass is 9.97. The van der Waals surface area contributed by atoms with Crippen LogP contribution in [0.3, 0.4) is 0 Å². The Kier molecular flexibility index (Phi) is 4.05. The molecule has 2 atom stereocenters. The number of aromatic carboxylic acids is 1. The highest BCUT2D eigenvalue weighted by molar-refractivity contribution is 5.94. The van der Waals surface area contributed by atoms with E-state index >= 15 is 8.78 Å². The zero-order valence-electron chi connectivity index (χ0n) is 16.0. The normalized spacial score (nSPS) is 20.5. The van der Waals surface area contributed by atoms with Crippen LogP contribution >= 0.6 is 0 Å². The number of nitrogens with zero attached hydrogens (tertiary/aromatic N) is 2. The number of benzene rings is 2. The van der Waals surface area contributed by atoms with Crippen LogP contribution in [0, 0.1) is 11.6 Å². The Bertz CT molecular complexity index is 1300. The van der Waals surface area contributed by atoms with Crippen LogP contribution in [0.2, 0.25) is 0 Å². The van der Waals surface area contributed by atoms with Crippen LogP contribution in [0.25, 0.3) is 22.0 Å². The first kappa shape index (κ1) is 18.9. The van der Waals surface area contributed by atoms with E-state index in [4.69, 9.17) is 0 Å². The van der Waals surface area contributed by atoms with Gasteiger partial charge in [0.15, 0.2) is 5.82 Å². The van der Waals surface area contributed by atoms with Gasteiger partial charge in [0.2, 0.25) is 5.43 Å². The van der Waals surface area contributed by atoms with Crippen molar-refractivity contribution in [2.45, 2.75) is 31.7 Å². The van der Waals surface area contributed by atoms with Crippen LogP contribution < -0.4 is 5.43 Å². The lowest BCUT2D eigenvalue weighted by Gasteiger charge is -2.15. The minimum absolute atomic E-state index is 0.0777. The van der Waals surface area contributed by atoms with E-state index in [1.54, 1.807) is 12.1 Å². The van der Waals surface area contributed by atoms with E-state index in [9.17, 15) is 19.1 Å². The average molecular weight is 414 g/mol. The van der Waals surface area contributed by atoms with Crippen LogP contribution in [0.4, 0.5) is 13.2 Å². The molecule has 0 bridgehead atoms. The van der Waals surface area contributed by atoms with E-state index in [-0.39, 0.29) is 17.5 Å². The molecule has 30 heavy (non-hydrogen) atoms. The van der Waals surface area contributed by atoms with Gasteiger partial charge in [-0.05, 0) is 35.9 Å². The van der Waals surface area contributed by atoms with E-state index < -0.39 is 46.2 Å². The molecule has 0 amide bonds. The van der Waals surface area contributed by atoms with Gasteiger partial charge in [0, 0.05) is 25.7 Å². The molecule has 1 saturated carbocycles. The maximum absolute atomic E-state index is 15.7. The second-order valence-electron chi connectivity index (χ2n) is 8.00. The smallest absolute Gasteiger partial charge is 0.341 e. The molecule has 1 aromatic heterocycles. The predicted octanol–water partition coefficient (Wildman–Crippen LogP) is 3.87. The van der Waals surface area contributed by atoms with Crippen LogP contribution in [-0.2, 0) is 13.1 Å². The first-order valence-electron chi connectivity index (χ1n) is 9.51.